The van der Waals surface area contributed by atoms with Crippen molar-refractivity contribution in [2.24, 2.45) is 0 Å². The number of benzene rings is 1. The van der Waals surface area contributed by atoms with Gasteiger partial charge in [-0.1, -0.05) is 12.1 Å². The molecule has 2 rings (SSSR count). The fourth-order valence-corrected chi connectivity index (χ4v) is 1.40. The Bertz CT molecular complexity index is 460. The van der Waals surface area contributed by atoms with Gasteiger partial charge in [0.15, 0.2) is 0 Å². The number of hydrogen-bond acceptors (Lipinski definition) is 2. The average molecular weight is 201 g/mol. The molecule has 0 aliphatic heterocycles. The van der Waals surface area contributed by atoms with Crippen molar-refractivity contribution in [1.29, 1.82) is 0 Å². The van der Waals surface area contributed by atoms with E-state index in [1.807, 2.05) is 24.3 Å². The number of carbonyl (C=O) groups excluding carboxylic acids is 1. The van der Waals surface area contributed by atoms with Crippen molar-refractivity contribution in [3.8, 4) is 11.3 Å². The number of hydrogen-bond donors (Lipinski definition) is 1. The van der Waals surface area contributed by atoms with Crippen LogP contribution in [0.1, 0.15) is 10.4 Å². The van der Waals surface area contributed by atoms with Gasteiger partial charge in [-0.05, 0) is 24.3 Å². The van der Waals surface area contributed by atoms with E-state index >= 15 is 0 Å². The Labute approximate surface area is 87.7 Å². The number of furan rings is 1. The third-order valence-electron chi connectivity index (χ3n) is 2.16. The normalized spacial score (nSPS) is 9.93. The summed E-state index contributed by atoms with van der Waals surface area (Å²) in [7, 11) is 1.61. The molecule has 1 heterocycles. The third-order valence-corrected chi connectivity index (χ3v) is 2.16. The number of carbonyl (C=O) groups is 1. The van der Waals surface area contributed by atoms with Crippen molar-refractivity contribution in [3.05, 3.63) is 48.2 Å². The minimum atomic E-state index is -0.0941. The predicted molar refractivity (Wildman–Crippen MR) is 57.5 cm³/mol. The molecule has 0 spiro atoms. The molecule has 76 valence electrons. The lowest BCUT2D eigenvalue weighted by atomic mass is 10.1. The highest BCUT2D eigenvalue weighted by Gasteiger charge is 2.05. The molecular formula is C12H11NO2. The highest BCUT2D eigenvalue weighted by atomic mass is 16.3. The molecule has 0 saturated carbocycles. The zero-order chi connectivity index (χ0) is 10.7. The Morgan fingerprint density at radius 1 is 1.27 bits per heavy atom. The largest absolute Gasteiger partial charge is 0.464 e. The molecule has 0 saturated heterocycles. The summed E-state index contributed by atoms with van der Waals surface area (Å²) in [5.41, 5.74) is 1.53. The molecule has 3 heteroatoms. The summed E-state index contributed by atoms with van der Waals surface area (Å²) in [5, 5.41) is 2.58. The molecule has 0 aliphatic rings. The van der Waals surface area contributed by atoms with Crippen LogP contribution in [0.15, 0.2) is 47.1 Å². The zero-order valence-corrected chi connectivity index (χ0v) is 8.36. The molecule has 1 N–H and O–H groups in total. The van der Waals surface area contributed by atoms with Crippen molar-refractivity contribution in [3.63, 3.8) is 0 Å². The van der Waals surface area contributed by atoms with Crippen molar-refractivity contribution >= 4 is 5.91 Å². The fourth-order valence-electron chi connectivity index (χ4n) is 1.40. The van der Waals surface area contributed by atoms with Crippen LogP contribution in [0.3, 0.4) is 0 Å². The summed E-state index contributed by atoms with van der Waals surface area (Å²) in [6, 6.07) is 11.0. The van der Waals surface area contributed by atoms with Crippen LogP contribution < -0.4 is 5.32 Å². The van der Waals surface area contributed by atoms with Gasteiger partial charge in [0.1, 0.15) is 5.76 Å². The molecule has 0 bridgehead atoms. The summed E-state index contributed by atoms with van der Waals surface area (Å²) >= 11 is 0. The quantitative estimate of drug-likeness (QED) is 0.810. The van der Waals surface area contributed by atoms with Crippen LogP contribution in [0.4, 0.5) is 0 Å². The highest BCUT2D eigenvalue weighted by molar-refractivity contribution is 5.95. The van der Waals surface area contributed by atoms with E-state index in [0.717, 1.165) is 11.3 Å². The summed E-state index contributed by atoms with van der Waals surface area (Å²) in [6.45, 7) is 0. The van der Waals surface area contributed by atoms with Gasteiger partial charge in [-0.15, -0.1) is 0 Å². The molecule has 0 unspecified atom stereocenters. The summed E-state index contributed by atoms with van der Waals surface area (Å²) < 4.78 is 5.26. The van der Waals surface area contributed by atoms with Gasteiger partial charge in [-0.2, -0.15) is 0 Å². The highest BCUT2D eigenvalue weighted by Crippen LogP contribution is 2.20. The number of rotatable bonds is 2. The van der Waals surface area contributed by atoms with Gasteiger partial charge in [0.2, 0.25) is 0 Å². The molecule has 1 aromatic carbocycles. The monoisotopic (exact) mass is 201 g/mol. The molecule has 0 radical (unpaired) electrons. The minimum absolute atomic E-state index is 0.0941. The average Bonchev–Trinajstić information content (AvgIpc) is 2.82. The van der Waals surface area contributed by atoms with E-state index in [4.69, 9.17) is 4.42 Å². The number of amides is 1. The Morgan fingerprint density at radius 3 is 2.80 bits per heavy atom. The van der Waals surface area contributed by atoms with Crippen LogP contribution in [-0.2, 0) is 0 Å². The molecule has 1 aromatic heterocycles. The van der Waals surface area contributed by atoms with Crippen molar-refractivity contribution in [2.75, 3.05) is 7.05 Å². The zero-order valence-electron chi connectivity index (χ0n) is 8.36. The lowest BCUT2D eigenvalue weighted by molar-refractivity contribution is 0.0963. The first-order chi connectivity index (χ1) is 7.31. The Kier molecular flexibility index (Phi) is 2.54. The molecule has 0 aliphatic carbocycles. The van der Waals surface area contributed by atoms with E-state index in [-0.39, 0.29) is 5.91 Å². The number of nitrogens with one attached hydrogen (secondary N) is 1. The van der Waals surface area contributed by atoms with E-state index < -0.39 is 0 Å². The van der Waals surface area contributed by atoms with Gasteiger partial charge in [0, 0.05) is 18.2 Å². The Morgan fingerprint density at radius 2 is 2.13 bits per heavy atom. The van der Waals surface area contributed by atoms with Gasteiger partial charge in [-0.25, -0.2) is 0 Å². The lowest BCUT2D eigenvalue weighted by Crippen LogP contribution is -2.17. The summed E-state index contributed by atoms with van der Waals surface area (Å²) in [5.74, 6) is 0.671. The van der Waals surface area contributed by atoms with Crippen LogP contribution in [0.5, 0.6) is 0 Å². The standard InChI is InChI=1S/C12H11NO2/c1-13-12(14)10-5-2-4-9(8-10)11-6-3-7-15-11/h2-8H,1H3,(H,13,14). The van der Waals surface area contributed by atoms with Crippen LogP contribution in [-0.4, -0.2) is 13.0 Å². The molecule has 1 amide bonds. The molecule has 15 heavy (non-hydrogen) atoms. The summed E-state index contributed by atoms with van der Waals surface area (Å²) in [4.78, 5) is 11.4. The molecule has 3 nitrogen and oxygen atoms in total. The van der Waals surface area contributed by atoms with Crippen molar-refractivity contribution < 1.29 is 9.21 Å². The van der Waals surface area contributed by atoms with Crippen LogP contribution >= 0.6 is 0 Å². The van der Waals surface area contributed by atoms with Crippen molar-refractivity contribution in [1.82, 2.24) is 5.32 Å². The van der Waals surface area contributed by atoms with Crippen LogP contribution in [0, 0.1) is 0 Å². The third kappa shape index (κ3) is 1.91. The maximum atomic E-state index is 11.4. The van der Waals surface area contributed by atoms with Gasteiger partial charge in [-0.3, -0.25) is 4.79 Å². The minimum Gasteiger partial charge on any atom is -0.464 e. The first kappa shape index (κ1) is 9.52. The van der Waals surface area contributed by atoms with Crippen molar-refractivity contribution in [2.45, 2.75) is 0 Å². The van der Waals surface area contributed by atoms with E-state index in [0.29, 0.717) is 5.56 Å². The van der Waals surface area contributed by atoms with Crippen LogP contribution in [0.2, 0.25) is 0 Å². The molecule has 0 atom stereocenters. The Balaban J connectivity index is 2.39. The van der Waals surface area contributed by atoms with E-state index in [2.05, 4.69) is 5.32 Å². The lowest BCUT2D eigenvalue weighted by Gasteiger charge is -2.01. The second kappa shape index (κ2) is 4.00. The topological polar surface area (TPSA) is 42.2 Å². The maximum Gasteiger partial charge on any atom is 0.251 e. The van der Waals surface area contributed by atoms with Crippen LogP contribution in [0.25, 0.3) is 11.3 Å². The first-order valence-electron chi connectivity index (χ1n) is 4.67. The SMILES string of the molecule is CNC(=O)c1cccc(-c2ccco2)c1. The molecule has 0 fully saturated rings. The van der Waals surface area contributed by atoms with E-state index in [1.54, 1.807) is 25.4 Å². The second-order valence-corrected chi connectivity index (χ2v) is 3.14. The van der Waals surface area contributed by atoms with Gasteiger partial charge < -0.3 is 9.73 Å². The molecule has 2 aromatic rings. The molecular weight excluding hydrogens is 190 g/mol. The fraction of sp³-hybridized carbons (Fsp3) is 0.0833. The maximum absolute atomic E-state index is 11.4. The van der Waals surface area contributed by atoms with Gasteiger partial charge >= 0.3 is 0 Å². The van der Waals surface area contributed by atoms with Gasteiger partial charge in [0.25, 0.3) is 5.91 Å². The van der Waals surface area contributed by atoms with E-state index in [9.17, 15) is 4.79 Å². The summed E-state index contributed by atoms with van der Waals surface area (Å²) in [6.07, 6.45) is 1.61. The second-order valence-electron chi connectivity index (χ2n) is 3.14. The first-order valence-corrected chi connectivity index (χ1v) is 4.67. The van der Waals surface area contributed by atoms with E-state index in [1.165, 1.54) is 0 Å². The smallest absolute Gasteiger partial charge is 0.251 e. The predicted octanol–water partition coefficient (Wildman–Crippen LogP) is 2.31. The Hall–Kier alpha value is -2.03. The van der Waals surface area contributed by atoms with Gasteiger partial charge in [0.05, 0.1) is 6.26 Å².